The van der Waals surface area contributed by atoms with Crippen LogP contribution in [0.15, 0.2) is 48.8 Å². The first-order chi connectivity index (χ1) is 10.3. The Hall–Kier alpha value is -2.49. The maximum Gasteiger partial charge on any atom is 0.293 e. The Morgan fingerprint density at radius 1 is 1.29 bits per heavy atom. The van der Waals surface area contributed by atoms with E-state index < -0.39 is 0 Å². The van der Waals surface area contributed by atoms with Gasteiger partial charge in [-0.05, 0) is 24.1 Å². The lowest BCUT2D eigenvalue weighted by Crippen LogP contribution is -1.96. The molecular formula is C17H17NO3. The van der Waals surface area contributed by atoms with Crippen molar-refractivity contribution in [3.8, 4) is 0 Å². The van der Waals surface area contributed by atoms with Gasteiger partial charge in [-0.25, -0.2) is 0 Å². The third-order valence-corrected chi connectivity index (χ3v) is 3.35. The lowest BCUT2D eigenvalue weighted by atomic mass is 9.94. The molecule has 0 N–H and O–H groups in total. The molecule has 0 bridgehead atoms. The predicted octanol–water partition coefficient (Wildman–Crippen LogP) is 2.98. The summed E-state index contributed by atoms with van der Waals surface area (Å²) < 4.78 is 4.15. The Bertz CT molecular complexity index is 610. The number of benzene rings is 1. The Kier molecular flexibility index (Phi) is 5.21. The minimum Gasteiger partial charge on any atom is -0.468 e. The third-order valence-electron chi connectivity index (χ3n) is 3.35. The number of aromatic nitrogens is 1. The number of carbonyl (C=O) groups excluding carboxylic acids is 2. The summed E-state index contributed by atoms with van der Waals surface area (Å²) >= 11 is 0. The topological polar surface area (TPSA) is 56.3 Å². The highest BCUT2D eigenvalue weighted by Crippen LogP contribution is 2.37. The molecule has 0 spiro atoms. The first-order valence-corrected chi connectivity index (χ1v) is 6.85. The molecule has 0 fully saturated rings. The number of rotatable bonds is 3. The van der Waals surface area contributed by atoms with Crippen LogP contribution in [-0.2, 0) is 9.53 Å². The van der Waals surface area contributed by atoms with Gasteiger partial charge in [0, 0.05) is 30.3 Å². The maximum absolute atomic E-state index is 11.8. The summed E-state index contributed by atoms with van der Waals surface area (Å²) in [5.41, 5.74) is 3.14. The van der Waals surface area contributed by atoms with Gasteiger partial charge in [0.25, 0.3) is 6.47 Å². The van der Waals surface area contributed by atoms with E-state index in [1.807, 2.05) is 42.6 Å². The highest BCUT2D eigenvalue weighted by atomic mass is 16.5. The van der Waals surface area contributed by atoms with E-state index in [-0.39, 0.29) is 11.7 Å². The second kappa shape index (κ2) is 7.33. The smallest absolute Gasteiger partial charge is 0.293 e. The zero-order valence-electron chi connectivity index (χ0n) is 11.9. The lowest BCUT2D eigenvalue weighted by molar-refractivity contribution is -0.128. The molecule has 1 heterocycles. The van der Waals surface area contributed by atoms with Crippen molar-refractivity contribution in [2.75, 3.05) is 6.61 Å². The molecule has 0 saturated heterocycles. The predicted molar refractivity (Wildman–Crippen MR) is 79.2 cm³/mol. The van der Waals surface area contributed by atoms with Crippen LogP contribution in [0.5, 0.6) is 0 Å². The van der Waals surface area contributed by atoms with Crippen LogP contribution in [0.25, 0.3) is 0 Å². The molecule has 1 aromatic heterocycles. The monoisotopic (exact) mass is 283 g/mol. The van der Waals surface area contributed by atoms with Crippen LogP contribution in [0, 0.1) is 0 Å². The zero-order chi connectivity index (χ0) is 15.1. The van der Waals surface area contributed by atoms with Gasteiger partial charge in [0.15, 0.2) is 5.78 Å². The average Bonchev–Trinajstić information content (AvgIpc) is 2.87. The number of pyridine rings is 1. The van der Waals surface area contributed by atoms with Gasteiger partial charge < -0.3 is 4.74 Å². The van der Waals surface area contributed by atoms with Crippen LogP contribution in [0.4, 0.5) is 0 Å². The highest BCUT2D eigenvalue weighted by Gasteiger charge is 2.29. The van der Waals surface area contributed by atoms with Crippen molar-refractivity contribution in [2.24, 2.45) is 0 Å². The van der Waals surface area contributed by atoms with Crippen LogP contribution < -0.4 is 0 Å². The van der Waals surface area contributed by atoms with Crippen molar-refractivity contribution in [3.63, 3.8) is 0 Å². The van der Waals surface area contributed by atoms with Crippen molar-refractivity contribution in [1.82, 2.24) is 4.98 Å². The molecular weight excluding hydrogens is 266 g/mol. The molecule has 0 radical (unpaired) electrons. The summed E-state index contributed by atoms with van der Waals surface area (Å²) in [7, 11) is 0. The fourth-order valence-electron chi connectivity index (χ4n) is 2.41. The van der Waals surface area contributed by atoms with Gasteiger partial charge in [-0.1, -0.05) is 30.3 Å². The van der Waals surface area contributed by atoms with Crippen LogP contribution in [0.1, 0.15) is 40.7 Å². The van der Waals surface area contributed by atoms with Crippen molar-refractivity contribution < 1.29 is 14.3 Å². The number of ketones is 1. The van der Waals surface area contributed by atoms with E-state index in [1.165, 1.54) is 0 Å². The molecule has 21 heavy (non-hydrogen) atoms. The zero-order valence-corrected chi connectivity index (χ0v) is 11.9. The van der Waals surface area contributed by atoms with Crippen LogP contribution in [0.3, 0.4) is 0 Å². The van der Waals surface area contributed by atoms with E-state index in [2.05, 4.69) is 9.72 Å². The van der Waals surface area contributed by atoms with Crippen LogP contribution in [0.2, 0.25) is 0 Å². The number of ether oxygens (including phenoxy) is 1. The molecule has 1 unspecified atom stereocenters. The Morgan fingerprint density at radius 2 is 2.10 bits per heavy atom. The quantitative estimate of drug-likeness (QED) is 0.813. The summed E-state index contributed by atoms with van der Waals surface area (Å²) in [4.78, 5) is 25.1. The summed E-state index contributed by atoms with van der Waals surface area (Å²) in [6, 6.07) is 11.8. The number of carbonyl (C=O) groups is 2. The normalized spacial score (nSPS) is 15.7. The molecule has 1 aliphatic rings. The fraction of sp³-hybridized carbons (Fsp3) is 0.235. The van der Waals surface area contributed by atoms with E-state index in [0.29, 0.717) is 19.5 Å². The summed E-state index contributed by atoms with van der Waals surface area (Å²) in [5.74, 6) is 0.432. The Balaban J connectivity index is 0.000000282. The first kappa shape index (κ1) is 14.9. The van der Waals surface area contributed by atoms with Gasteiger partial charge in [0.1, 0.15) is 0 Å². The number of hydrogen-bond acceptors (Lipinski definition) is 4. The van der Waals surface area contributed by atoms with Gasteiger partial charge in [-0.3, -0.25) is 14.6 Å². The second-order valence-electron chi connectivity index (χ2n) is 4.61. The lowest BCUT2D eigenvalue weighted by Gasteiger charge is -2.09. The van der Waals surface area contributed by atoms with Gasteiger partial charge in [-0.2, -0.15) is 0 Å². The van der Waals surface area contributed by atoms with E-state index in [4.69, 9.17) is 0 Å². The third kappa shape index (κ3) is 3.54. The number of hydrogen-bond donors (Lipinski definition) is 0. The molecule has 4 nitrogen and oxygen atoms in total. The van der Waals surface area contributed by atoms with Crippen molar-refractivity contribution in [1.29, 1.82) is 0 Å². The standard InChI is InChI=1S/C14H11NO.C3H6O2/c16-14-8-13(10-4-3-7-15-9-10)11-5-1-2-6-12(11)14;1-2-5-3-4/h1-7,9,13H,8H2;3H,2H2,1H3. The SMILES string of the molecule is CCOC=O.O=C1CC(c2cccnc2)c2ccccc21. The van der Waals surface area contributed by atoms with Gasteiger partial charge in [0.2, 0.25) is 0 Å². The van der Waals surface area contributed by atoms with E-state index >= 15 is 0 Å². The van der Waals surface area contributed by atoms with Gasteiger partial charge in [-0.15, -0.1) is 0 Å². The summed E-state index contributed by atoms with van der Waals surface area (Å²) in [6.07, 6.45) is 4.18. The fourth-order valence-corrected chi connectivity index (χ4v) is 2.41. The van der Waals surface area contributed by atoms with Crippen molar-refractivity contribution in [2.45, 2.75) is 19.3 Å². The molecule has 1 atom stereocenters. The summed E-state index contributed by atoms with van der Waals surface area (Å²) in [5, 5.41) is 0. The second-order valence-corrected chi connectivity index (χ2v) is 4.61. The highest BCUT2D eigenvalue weighted by molar-refractivity contribution is 6.01. The average molecular weight is 283 g/mol. The molecule has 2 aromatic rings. The molecule has 0 amide bonds. The Morgan fingerprint density at radius 3 is 2.71 bits per heavy atom. The van der Waals surface area contributed by atoms with Crippen LogP contribution >= 0.6 is 0 Å². The summed E-state index contributed by atoms with van der Waals surface area (Å²) in [6.45, 7) is 2.66. The Labute approximate surface area is 123 Å². The molecule has 4 heteroatoms. The molecule has 1 aliphatic carbocycles. The van der Waals surface area contributed by atoms with Crippen molar-refractivity contribution in [3.05, 3.63) is 65.5 Å². The van der Waals surface area contributed by atoms with E-state index in [9.17, 15) is 9.59 Å². The molecule has 0 saturated carbocycles. The molecule has 1 aromatic carbocycles. The largest absolute Gasteiger partial charge is 0.468 e. The van der Waals surface area contributed by atoms with E-state index in [1.54, 1.807) is 13.1 Å². The maximum atomic E-state index is 11.8. The van der Waals surface area contributed by atoms with E-state index in [0.717, 1.165) is 16.7 Å². The van der Waals surface area contributed by atoms with Crippen LogP contribution in [-0.4, -0.2) is 23.8 Å². The number of Topliss-reactive ketones (excluding diaryl/α,β-unsaturated/α-hetero) is 1. The minimum atomic E-state index is 0.192. The van der Waals surface area contributed by atoms with Gasteiger partial charge in [0.05, 0.1) is 6.61 Å². The molecule has 0 aliphatic heterocycles. The molecule has 108 valence electrons. The number of nitrogens with zero attached hydrogens (tertiary/aromatic N) is 1. The van der Waals surface area contributed by atoms with Crippen molar-refractivity contribution >= 4 is 12.3 Å². The first-order valence-electron chi connectivity index (χ1n) is 6.85. The minimum absolute atomic E-state index is 0.192. The number of fused-ring (bicyclic) bond motifs is 1. The van der Waals surface area contributed by atoms with Gasteiger partial charge >= 0.3 is 0 Å². The molecule has 3 rings (SSSR count).